The number of hydrogen-bond acceptors (Lipinski definition) is 3. The smallest absolute Gasteiger partial charge is 0.340 e. The highest BCUT2D eigenvalue weighted by atomic mass is 16.5. The molecule has 0 atom stereocenters. The van der Waals surface area contributed by atoms with Gasteiger partial charge in [-0.25, -0.2) is 9.31 Å². The third-order valence-electron chi connectivity index (χ3n) is 3.44. The Balaban J connectivity index is 2.38. The molecule has 102 valence electrons. The minimum absolute atomic E-state index is 0.289. The van der Waals surface area contributed by atoms with Crippen molar-refractivity contribution in [2.45, 2.75) is 20.3 Å². The molecule has 2 aromatic heterocycles. The fourth-order valence-electron chi connectivity index (χ4n) is 2.51. The van der Waals surface area contributed by atoms with Crippen molar-refractivity contribution in [2.24, 2.45) is 0 Å². The predicted octanol–water partition coefficient (Wildman–Crippen LogP) is 3.23. The van der Waals surface area contributed by atoms with Crippen LogP contribution < -0.4 is 0 Å². The highest BCUT2D eigenvalue weighted by molar-refractivity contribution is 6.07. The first-order chi connectivity index (χ1) is 9.76. The van der Waals surface area contributed by atoms with E-state index in [4.69, 9.17) is 4.74 Å². The summed E-state index contributed by atoms with van der Waals surface area (Å²) < 4.78 is 7.00. The number of esters is 1. The van der Waals surface area contributed by atoms with Gasteiger partial charge in [0.1, 0.15) is 0 Å². The van der Waals surface area contributed by atoms with E-state index in [-0.39, 0.29) is 5.97 Å². The SMILES string of the molecule is CCOC(=O)c1cc(CC)n2ncc3ccccc3c12. The molecule has 0 unspecified atom stereocenters. The fourth-order valence-corrected chi connectivity index (χ4v) is 2.51. The molecule has 0 aliphatic carbocycles. The second-order valence-electron chi connectivity index (χ2n) is 4.62. The van der Waals surface area contributed by atoms with Gasteiger partial charge in [-0.1, -0.05) is 31.2 Å². The van der Waals surface area contributed by atoms with E-state index < -0.39 is 0 Å². The average Bonchev–Trinajstić information content (AvgIpc) is 2.86. The standard InChI is InChI=1S/C16H16N2O2/c1-3-12-9-14(16(19)20-4-2)15-13-8-6-5-7-11(13)10-17-18(12)15/h5-10H,3-4H2,1-2H3. The van der Waals surface area contributed by atoms with Crippen molar-refractivity contribution in [1.29, 1.82) is 0 Å². The summed E-state index contributed by atoms with van der Waals surface area (Å²) in [6.07, 6.45) is 2.64. The summed E-state index contributed by atoms with van der Waals surface area (Å²) >= 11 is 0. The summed E-state index contributed by atoms with van der Waals surface area (Å²) in [4.78, 5) is 12.2. The number of hydrogen-bond donors (Lipinski definition) is 0. The van der Waals surface area contributed by atoms with Crippen LogP contribution >= 0.6 is 0 Å². The Morgan fingerprint density at radius 3 is 2.85 bits per heavy atom. The molecule has 20 heavy (non-hydrogen) atoms. The summed E-state index contributed by atoms with van der Waals surface area (Å²) in [5.41, 5.74) is 2.43. The molecular weight excluding hydrogens is 252 g/mol. The Morgan fingerprint density at radius 2 is 2.10 bits per heavy atom. The lowest BCUT2D eigenvalue weighted by Crippen LogP contribution is -2.04. The molecule has 3 aromatic rings. The molecule has 0 aliphatic rings. The van der Waals surface area contributed by atoms with Gasteiger partial charge in [-0.15, -0.1) is 0 Å². The van der Waals surface area contributed by atoms with Gasteiger partial charge in [-0.05, 0) is 19.4 Å². The largest absolute Gasteiger partial charge is 0.462 e. The van der Waals surface area contributed by atoms with E-state index in [0.29, 0.717) is 12.2 Å². The van der Waals surface area contributed by atoms with Crippen LogP contribution in [-0.2, 0) is 11.2 Å². The van der Waals surface area contributed by atoms with Crippen molar-refractivity contribution in [1.82, 2.24) is 9.61 Å². The maximum absolute atomic E-state index is 12.2. The lowest BCUT2D eigenvalue weighted by molar-refractivity contribution is 0.0529. The highest BCUT2D eigenvalue weighted by Crippen LogP contribution is 2.25. The third kappa shape index (κ3) is 1.84. The molecule has 1 aromatic carbocycles. The van der Waals surface area contributed by atoms with Crippen LogP contribution in [0.25, 0.3) is 16.3 Å². The van der Waals surface area contributed by atoms with E-state index >= 15 is 0 Å². The van der Waals surface area contributed by atoms with Crippen molar-refractivity contribution in [2.75, 3.05) is 6.61 Å². The molecule has 4 nitrogen and oxygen atoms in total. The van der Waals surface area contributed by atoms with Crippen molar-refractivity contribution in [3.8, 4) is 0 Å². The normalized spacial score (nSPS) is 11.1. The molecule has 3 rings (SSSR count). The van der Waals surface area contributed by atoms with Crippen LogP contribution in [0.5, 0.6) is 0 Å². The number of aromatic nitrogens is 2. The molecule has 0 fully saturated rings. The molecular formula is C16H16N2O2. The summed E-state index contributed by atoms with van der Waals surface area (Å²) in [5.74, 6) is -0.289. The molecule has 0 amide bonds. The Bertz CT molecular complexity index is 790. The number of ether oxygens (including phenoxy) is 1. The quantitative estimate of drug-likeness (QED) is 0.685. The molecule has 0 N–H and O–H groups in total. The number of nitrogens with zero attached hydrogens (tertiary/aromatic N) is 2. The van der Waals surface area contributed by atoms with E-state index in [1.54, 1.807) is 0 Å². The first-order valence-corrected chi connectivity index (χ1v) is 6.81. The second kappa shape index (κ2) is 4.96. The molecule has 0 saturated heterocycles. The van der Waals surface area contributed by atoms with E-state index in [9.17, 15) is 4.79 Å². The molecule has 0 saturated carbocycles. The molecule has 0 bridgehead atoms. The van der Waals surface area contributed by atoms with Gasteiger partial charge in [-0.2, -0.15) is 5.10 Å². The monoisotopic (exact) mass is 268 g/mol. The predicted molar refractivity (Wildman–Crippen MR) is 78.0 cm³/mol. The number of rotatable bonds is 3. The van der Waals surface area contributed by atoms with Gasteiger partial charge in [0.15, 0.2) is 0 Å². The van der Waals surface area contributed by atoms with Crippen molar-refractivity contribution in [3.63, 3.8) is 0 Å². The molecule has 2 heterocycles. The lowest BCUT2D eigenvalue weighted by atomic mass is 10.1. The Morgan fingerprint density at radius 1 is 1.30 bits per heavy atom. The Hall–Kier alpha value is -2.36. The van der Waals surface area contributed by atoms with Gasteiger partial charge in [0.05, 0.1) is 23.9 Å². The van der Waals surface area contributed by atoms with Crippen molar-refractivity contribution < 1.29 is 9.53 Å². The van der Waals surface area contributed by atoms with Gasteiger partial charge in [-0.3, -0.25) is 0 Å². The number of aryl methyl sites for hydroxylation is 1. The minimum Gasteiger partial charge on any atom is -0.462 e. The molecule has 0 radical (unpaired) electrons. The van der Waals surface area contributed by atoms with Crippen molar-refractivity contribution in [3.05, 3.63) is 47.8 Å². The Kier molecular flexibility index (Phi) is 3.14. The van der Waals surface area contributed by atoms with E-state index in [1.165, 1.54) is 0 Å². The number of carbonyl (C=O) groups is 1. The van der Waals surface area contributed by atoms with Gasteiger partial charge in [0, 0.05) is 16.5 Å². The van der Waals surface area contributed by atoms with Crippen LogP contribution in [-0.4, -0.2) is 22.2 Å². The molecule has 4 heteroatoms. The van der Waals surface area contributed by atoms with Crippen LogP contribution in [0.15, 0.2) is 36.5 Å². The van der Waals surface area contributed by atoms with Crippen molar-refractivity contribution >= 4 is 22.3 Å². The minimum atomic E-state index is -0.289. The van der Waals surface area contributed by atoms with Crippen LogP contribution in [0.1, 0.15) is 29.9 Å². The maximum atomic E-state index is 12.2. The average molecular weight is 268 g/mol. The Labute approximate surface area is 117 Å². The first-order valence-electron chi connectivity index (χ1n) is 6.81. The topological polar surface area (TPSA) is 43.6 Å². The van der Waals surface area contributed by atoms with E-state index in [1.807, 2.05) is 54.9 Å². The second-order valence-corrected chi connectivity index (χ2v) is 4.62. The van der Waals surface area contributed by atoms with E-state index in [0.717, 1.165) is 28.4 Å². The molecule has 0 aliphatic heterocycles. The number of carbonyl (C=O) groups excluding carboxylic acids is 1. The van der Waals surface area contributed by atoms with E-state index in [2.05, 4.69) is 5.10 Å². The zero-order chi connectivity index (χ0) is 14.1. The number of benzene rings is 1. The first kappa shape index (κ1) is 12.7. The van der Waals surface area contributed by atoms with Gasteiger partial charge >= 0.3 is 5.97 Å². The molecule has 0 spiro atoms. The van der Waals surface area contributed by atoms with Gasteiger partial charge in [0.2, 0.25) is 0 Å². The summed E-state index contributed by atoms with van der Waals surface area (Å²) in [6.45, 7) is 4.23. The number of fused-ring (bicyclic) bond motifs is 3. The summed E-state index contributed by atoms with van der Waals surface area (Å²) in [7, 11) is 0. The zero-order valence-corrected chi connectivity index (χ0v) is 11.6. The maximum Gasteiger partial charge on any atom is 0.340 e. The van der Waals surface area contributed by atoms with Crippen LogP contribution in [0, 0.1) is 0 Å². The van der Waals surface area contributed by atoms with Crippen LogP contribution in [0.3, 0.4) is 0 Å². The lowest BCUT2D eigenvalue weighted by Gasteiger charge is -2.05. The third-order valence-corrected chi connectivity index (χ3v) is 3.44. The highest BCUT2D eigenvalue weighted by Gasteiger charge is 2.18. The van der Waals surface area contributed by atoms with Gasteiger partial charge in [0.25, 0.3) is 0 Å². The zero-order valence-electron chi connectivity index (χ0n) is 11.6. The summed E-state index contributed by atoms with van der Waals surface area (Å²) in [6, 6.07) is 9.82. The van der Waals surface area contributed by atoms with Gasteiger partial charge < -0.3 is 4.74 Å². The summed E-state index contributed by atoms with van der Waals surface area (Å²) in [5, 5.41) is 6.49. The fraction of sp³-hybridized carbons (Fsp3) is 0.250. The van der Waals surface area contributed by atoms with Crippen LogP contribution in [0.2, 0.25) is 0 Å². The van der Waals surface area contributed by atoms with Crippen LogP contribution in [0.4, 0.5) is 0 Å².